The van der Waals surface area contributed by atoms with Gasteiger partial charge < -0.3 is 10.5 Å². The molecule has 0 unspecified atom stereocenters. The molecule has 0 aliphatic heterocycles. The highest BCUT2D eigenvalue weighted by Crippen LogP contribution is 2.16. The van der Waals surface area contributed by atoms with Crippen LogP contribution in [-0.2, 0) is 11.3 Å². The van der Waals surface area contributed by atoms with Crippen molar-refractivity contribution in [3.63, 3.8) is 0 Å². The normalized spacial score (nSPS) is 11.5. The molecule has 0 saturated heterocycles. The van der Waals surface area contributed by atoms with Gasteiger partial charge in [0.1, 0.15) is 18.3 Å². The van der Waals surface area contributed by atoms with E-state index in [2.05, 4.69) is 4.74 Å². The Bertz CT molecular complexity index is 417. The lowest BCUT2D eigenvalue weighted by Gasteiger charge is -2.08. The van der Waals surface area contributed by atoms with E-state index >= 15 is 0 Å². The summed E-state index contributed by atoms with van der Waals surface area (Å²) in [5, 5.41) is 7.10. The number of alkyl halides is 3. The fourth-order valence-corrected chi connectivity index (χ4v) is 1.17. The number of halogens is 4. The summed E-state index contributed by atoms with van der Waals surface area (Å²) >= 11 is 0. The first-order valence-corrected chi connectivity index (χ1v) is 4.56. The zero-order chi connectivity index (χ0) is 13.1. The first kappa shape index (κ1) is 13.4. The molecule has 17 heavy (non-hydrogen) atoms. The van der Waals surface area contributed by atoms with Gasteiger partial charge in [0.05, 0.1) is 6.61 Å². The van der Waals surface area contributed by atoms with E-state index in [-0.39, 0.29) is 17.0 Å². The first-order valence-electron chi connectivity index (χ1n) is 4.56. The van der Waals surface area contributed by atoms with Crippen LogP contribution in [0.25, 0.3) is 0 Å². The highest BCUT2D eigenvalue weighted by atomic mass is 19.4. The van der Waals surface area contributed by atoms with Gasteiger partial charge in [-0.1, -0.05) is 0 Å². The van der Waals surface area contributed by atoms with Crippen LogP contribution in [-0.4, -0.2) is 18.6 Å². The van der Waals surface area contributed by atoms with Crippen molar-refractivity contribution in [2.24, 2.45) is 5.73 Å². The standard InChI is InChI=1S/C10H10F4N2O/c11-8-2-6(1-7(3-8)9(15)16)4-17-5-10(12,13)14/h1-3H,4-5H2,(H3,15,16). The summed E-state index contributed by atoms with van der Waals surface area (Å²) in [5.41, 5.74) is 5.45. The Balaban J connectivity index is 2.68. The van der Waals surface area contributed by atoms with Crippen LogP contribution in [0.5, 0.6) is 0 Å². The summed E-state index contributed by atoms with van der Waals surface area (Å²) in [4.78, 5) is 0. The van der Waals surface area contributed by atoms with Crippen molar-refractivity contribution in [2.75, 3.05) is 6.61 Å². The van der Waals surface area contributed by atoms with E-state index in [0.717, 1.165) is 12.1 Å². The Morgan fingerprint density at radius 3 is 2.47 bits per heavy atom. The van der Waals surface area contributed by atoms with Crippen molar-refractivity contribution in [2.45, 2.75) is 12.8 Å². The van der Waals surface area contributed by atoms with Crippen LogP contribution < -0.4 is 5.73 Å². The molecule has 0 aromatic heterocycles. The Labute approximate surface area is 94.7 Å². The number of nitrogens with two attached hydrogens (primary N) is 1. The third-order valence-corrected chi connectivity index (χ3v) is 1.80. The van der Waals surface area contributed by atoms with Crippen molar-refractivity contribution in [1.29, 1.82) is 5.41 Å². The Morgan fingerprint density at radius 1 is 1.29 bits per heavy atom. The van der Waals surface area contributed by atoms with Crippen molar-refractivity contribution in [3.05, 3.63) is 35.1 Å². The lowest BCUT2D eigenvalue weighted by Crippen LogP contribution is -2.17. The quantitative estimate of drug-likeness (QED) is 0.489. The zero-order valence-electron chi connectivity index (χ0n) is 8.64. The van der Waals surface area contributed by atoms with Crippen LogP contribution >= 0.6 is 0 Å². The molecule has 0 bridgehead atoms. The smallest absolute Gasteiger partial charge is 0.384 e. The Hall–Kier alpha value is -1.63. The predicted molar refractivity (Wildman–Crippen MR) is 53.1 cm³/mol. The molecule has 1 aromatic carbocycles. The number of rotatable bonds is 4. The van der Waals surface area contributed by atoms with Gasteiger partial charge in [0.25, 0.3) is 0 Å². The van der Waals surface area contributed by atoms with E-state index in [0.29, 0.717) is 0 Å². The van der Waals surface area contributed by atoms with Gasteiger partial charge in [-0.25, -0.2) is 4.39 Å². The molecule has 0 aliphatic rings. The molecule has 3 N–H and O–H groups in total. The van der Waals surface area contributed by atoms with E-state index in [9.17, 15) is 17.6 Å². The Kier molecular flexibility index (Phi) is 4.06. The average molecular weight is 250 g/mol. The maximum absolute atomic E-state index is 13.0. The topological polar surface area (TPSA) is 59.1 Å². The predicted octanol–water partition coefficient (Wildman–Crippen LogP) is 2.19. The van der Waals surface area contributed by atoms with E-state index in [4.69, 9.17) is 11.1 Å². The molecule has 0 aliphatic carbocycles. The number of ether oxygens (including phenoxy) is 1. The van der Waals surface area contributed by atoms with Crippen molar-refractivity contribution in [3.8, 4) is 0 Å². The van der Waals surface area contributed by atoms with Crippen LogP contribution in [0, 0.1) is 11.2 Å². The molecular formula is C10H10F4N2O. The van der Waals surface area contributed by atoms with E-state index in [1.54, 1.807) is 0 Å². The average Bonchev–Trinajstić information content (AvgIpc) is 2.14. The molecule has 0 amide bonds. The maximum Gasteiger partial charge on any atom is 0.411 e. The van der Waals surface area contributed by atoms with Crippen molar-refractivity contribution >= 4 is 5.84 Å². The molecule has 3 nitrogen and oxygen atoms in total. The van der Waals surface area contributed by atoms with Gasteiger partial charge in [-0.3, -0.25) is 5.41 Å². The first-order chi connectivity index (χ1) is 7.78. The fourth-order valence-electron chi connectivity index (χ4n) is 1.17. The molecule has 0 radical (unpaired) electrons. The molecule has 0 fully saturated rings. The van der Waals surface area contributed by atoms with Crippen molar-refractivity contribution in [1.82, 2.24) is 0 Å². The largest absolute Gasteiger partial charge is 0.411 e. The summed E-state index contributed by atoms with van der Waals surface area (Å²) in [5.74, 6) is -1.04. The molecule has 1 rings (SSSR count). The number of nitrogen functional groups attached to an aromatic ring is 1. The monoisotopic (exact) mass is 250 g/mol. The summed E-state index contributed by atoms with van der Waals surface area (Å²) in [7, 11) is 0. The van der Waals surface area contributed by atoms with Gasteiger partial charge >= 0.3 is 6.18 Å². The minimum atomic E-state index is -4.42. The zero-order valence-corrected chi connectivity index (χ0v) is 8.64. The lowest BCUT2D eigenvalue weighted by molar-refractivity contribution is -0.176. The lowest BCUT2D eigenvalue weighted by atomic mass is 10.1. The van der Waals surface area contributed by atoms with E-state index in [1.807, 2.05) is 0 Å². The van der Waals surface area contributed by atoms with Gasteiger partial charge in [0.2, 0.25) is 0 Å². The van der Waals surface area contributed by atoms with Crippen LogP contribution in [0.3, 0.4) is 0 Å². The summed E-state index contributed by atoms with van der Waals surface area (Å²) in [6, 6.07) is 3.36. The number of benzene rings is 1. The molecule has 94 valence electrons. The van der Waals surface area contributed by atoms with Gasteiger partial charge in [-0.15, -0.1) is 0 Å². The Morgan fingerprint density at radius 2 is 1.94 bits per heavy atom. The summed E-state index contributed by atoms with van der Waals surface area (Å²) < 4.78 is 52.8. The molecule has 0 saturated carbocycles. The number of amidine groups is 1. The van der Waals surface area contributed by atoms with Crippen LogP contribution in [0.1, 0.15) is 11.1 Å². The fraction of sp³-hybridized carbons (Fsp3) is 0.300. The minimum Gasteiger partial charge on any atom is -0.384 e. The van der Waals surface area contributed by atoms with Crippen LogP contribution in [0.4, 0.5) is 17.6 Å². The number of hydrogen-bond donors (Lipinski definition) is 2. The van der Waals surface area contributed by atoms with Crippen LogP contribution in [0.2, 0.25) is 0 Å². The minimum absolute atomic E-state index is 0.107. The van der Waals surface area contributed by atoms with E-state index in [1.165, 1.54) is 6.07 Å². The second-order valence-electron chi connectivity index (χ2n) is 3.37. The molecule has 7 heteroatoms. The van der Waals surface area contributed by atoms with Crippen molar-refractivity contribution < 1.29 is 22.3 Å². The second kappa shape index (κ2) is 5.13. The highest BCUT2D eigenvalue weighted by molar-refractivity contribution is 5.95. The molecule has 1 aromatic rings. The SMILES string of the molecule is N=C(N)c1cc(F)cc(COCC(F)(F)F)c1. The van der Waals surface area contributed by atoms with Gasteiger partial charge in [0, 0.05) is 5.56 Å². The second-order valence-corrected chi connectivity index (χ2v) is 3.37. The van der Waals surface area contributed by atoms with Gasteiger partial charge in [-0.05, 0) is 23.8 Å². The highest BCUT2D eigenvalue weighted by Gasteiger charge is 2.27. The maximum atomic E-state index is 13.0. The summed E-state index contributed by atoms with van der Waals surface area (Å²) in [6.07, 6.45) is -4.42. The summed E-state index contributed by atoms with van der Waals surface area (Å²) in [6.45, 7) is -1.80. The van der Waals surface area contributed by atoms with Crippen LogP contribution in [0.15, 0.2) is 18.2 Å². The molecule has 0 heterocycles. The number of hydrogen-bond acceptors (Lipinski definition) is 2. The molecule has 0 atom stereocenters. The van der Waals surface area contributed by atoms with E-state index < -0.39 is 25.2 Å². The van der Waals surface area contributed by atoms with Gasteiger partial charge in [-0.2, -0.15) is 13.2 Å². The molecule has 0 spiro atoms. The van der Waals surface area contributed by atoms with Gasteiger partial charge in [0.15, 0.2) is 0 Å². The molecular weight excluding hydrogens is 240 g/mol. The third-order valence-electron chi connectivity index (χ3n) is 1.80. The third kappa shape index (κ3) is 4.81. The number of nitrogens with one attached hydrogen (secondary N) is 1.